The Bertz CT molecular complexity index is 1180. The van der Waals surface area contributed by atoms with Crippen molar-refractivity contribution >= 4 is 44.7 Å². The molecule has 2 heterocycles. The number of thiophene rings is 1. The van der Waals surface area contributed by atoms with E-state index in [4.69, 9.17) is 0 Å². The largest absolute Gasteiger partial charge is 0.507 e. The van der Waals surface area contributed by atoms with E-state index >= 15 is 0 Å². The van der Waals surface area contributed by atoms with E-state index in [9.17, 15) is 9.90 Å². The molecule has 0 saturated heterocycles. The van der Waals surface area contributed by atoms with E-state index in [-0.39, 0.29) is 23.7 Å². The van der Waals surface area contributed by atoms with Crippen molar-refractivity contribution in [3.05, 3.63) is 63.8 Å². The van der Waals surface area contributed by atoms with Gasteiger partial charge in [-0.2, -0.15) is 0 Å². The number of phenols is 1. The summed E-state index contributed by atoms with van der Waals surface area (Å²) in [7, 11) is 4.17. The number of benzene rings is 2. The average molecular weight is 415 g/mol. The van der Waals surface area contributed by atoms with E-state index in [1.807, 2.05) is 11.4 Å². The van der Waals surface area contributed by atoms with Gasteiger partial charge in [-0.1, -0.05) is 31.2 Å². The molecule has 4 aromatic rings. The first-order valence-corrected chi connectivity index (χ1v) is 9.91. The number of hydrogen-bond donors (Lipinski definition) is 2. The molecule has 6 heteroatoms. The molecule has 0 aliphatic carbocycles. The molecule has 146 valence electrons. The summed E-state index contributed by atoms with van der Waals surface area (Å²) >= 11 is 1.42. The molecule has 0 bridgehead atoms. The molecule has 0 radical (unpaired) electrons. The third-order valence-electron chi connectivity index (χ3n) is 5.17. The van der Waals surface area contributed by atoms with Gasteiger partial charge in [0.2, 0.25) is 0 Å². The van der Waals surface area contributed by atoms with Gasteiger partial charge in [-0.3, -0.25) is 4.79 Å². The van der Waals surface area contributed by atoms with Crippen molar-refractivity contribution in [3.63, 3.8) is 0 Å². The number of hydrogen-bond acceptors (Lipinski definition) is 4. The molecule has 0 aliphatic rings. The van der Waals surface area contributed by atoms with Crippen LogP contribution in [-0.4, -0.2) is 29.1 Å². The Morgan fingerprint density at radius 1 is 1.11 bits per heavy atom. The normalized spacial score (nSPS) is 12.4. The lowest BCUT2D eigenvalue weighted by Gasteiger charge is -2.23. The predicted molar refractivity (Wildman–Crippen MR) is 121 cm³/mol. The van der Waals surface area contributed by atoms with Crippen molar-refractivity contribution in [2.24, 2.45) is 0 Å². The summed E-state index contributed by atoms with van der Waals surface area (Å²) in [6, 6.07) is 14.1. The summed E-state index contributed by atoms with van der Waals surface area (Å²) in [6.07, 6.45) is 1.03. The van der Waals surface area contributed by atoms with Crippen LogP contribution in [0.4, 0.5) is 0 Å². The van der Waals surface area contributed by atoms with Crippen molar-refractivity contribution in [2.45, 2.75) is 19.4 Å². The predicted octanol–water partition coefficient (Wildman–Crippen LogP) is 5.55. The van der Waals surface area contributed by atoms with Crippen molar-refractivity contribution in [1.82, 2.24) is 9.88 Å². The molecule has 0 fully saturated rings. The Hall–Kier alpha value is -2.34. The van der Waals surface area contributed by atoms with Gasteiger partial charge in [0.1, 0.15) is 10.4 Å². The highest BCUT2D eigenvalue weighted by Crippen LogP contribution is 2.40. The van der Waals surface area contributed by atoms with Gasteiger partial charge in [-0.25, -0.2) is 0 Å². The molecule has 0 amide bonds. The molecule has 1 atom stereocenters. The van der Waals surface area contributed by atoms with Gasteiger partial charge in [-0.15, -0.1) is 23.7 Å². The van der Waals surface area contributed by atoms with E-state index < -0.39 is 0 Å². The number of aromatic amines is 1. The standard InChI is InChI=1S/C22H22N2O2S.ClH/c1-4-17(24(2)3)13-5-7-14(8-6-13)19-18(25)10-9-16-20(19)15-11-12-27-21(15)22(26)23-16;/h5-12,17,25H,4H2,1-3H3,(H,23,26);1H. The van der Waals surface area contributed by atoms with Gasteiger partial charge in [0.15, 0.2) is 0 Å². The molecule has 2 aromatic heterocycles. The monoisotopic (exact) mass is 414 g/mol. The number of pyridine rings is 1. The molecule has 1 unspecified atom stereocenters. The fourth-order valence-electron chi connectivity index (χ4n) is 3.90. The van der Waals surface area contributed by atoms with Crippen LogP contribution in [0.1, 0.15) is 24.9 Å². The lowest BCUT2D eigenvalue weighted by atomic mass is 9.95. The summed E-state index contributed by atoms with van der Waals surface area (Å²) in [5.41, 5.74) is 3.60. The van der Waals surface area contributed by atoms with Crippen LogP contribution in [0.15, 0.2) is 52.6 Å². The Labute approximate surface area is 173 Å². The zero-order valence-electron chi connectivity index (χ0n) is 16.0. The maximum atomic E-state index is 12.3. The number of nitrogens with one attached hydrogen (secondary N) is 1. The first-order chi connectivity index (χ1) is 13.0. The van der Waals surface area contributed by atoms with Crippen LogP contribution in [0.5, 0.6) is 5.75 Å². The van der Waals surface area contributed by atoms with Gasteiger partial charge in [-0.05, 0) is 55.2 Å². The lowest BCUT2D eigenvalue weighted by molar-refractivity contribution is 0.292. The Morgan fingerprint density at radius 3 is 2.46 bits per heavy atom. The highest BCUT2D eigenvalue weighted by Gasteiger charge is 2.16. The minimum Gasteiger partial charge on any atom is -0.507 e. The molecular formula is C22H23ClN2O2S. The van der Waals surface area contributed by atoms with Crippen LogP contribution >= 0.6 is 23.7 Å². The van der Waals surface area contributed by atoms with Crippen molar-refractivity contribution in [1.29, 1.82) is 0 Å². The van der Waals surface area contributed by atoms with E-state index in [0.29, 0.717) is 10.7 Å². The molecule has 4 nitrogen and oxygen atoms in total. The van der Waals surface area contributed by atoms with Crippen LogP contribution in [0, 0.1) is 0 Å². The molecular weight excluding hydrogens is 392 g/mol. The second kappa shape index (κ2) is 7.95. The number of phenolic OH excluding ortho intramolecular Hbond substituents is 1. The van der Waals surface area contributed by atoms with Crippen LogP contribution in [0.2, 0.25) is 0 Å². The first-order valence-electron chi connectivity index (χ1n) is 9.03. The number of rotatable bonds is 4. The Balaban J connectivity index is 0.00000225. The minimum absolute atomic E-state index is 0. The topological polar surface area (TPSA) is 56.3 Å². The van der Waals surface area contributed by atoms with Crippen LogP contribution in [-0.2, 0) is 0 Å². The second-order valence-electron chi connectivity index (χ2n) is 7.01. The van der Waals surface area contributed by atoms with Gasteiger partial charge in [0, 0.05) is 27.9 Å². The van der Waals surface area contributed by atoms with Gasteiger partial charge in [0.25, 0.3) is 5.56 Å². The van der Waals surface area contributed by atoms with Gasteiger partial charge in [0.05, 0.1) is 0 Å². The fraction of sp³-hybridized carbons (Fsp3) is 0.227. The SMILES string of the molecule is CCC(c1ccc(-c2c(O)ccc3[nH]c(=O)c4sccc4c23)cc1)N(C)C.Cl. The zero-order chi connectivity index (χ0) is 19.1. The van der Waals surface area contributed by atoms with E-state index in [1.54, 1.807) is 12.1 Å². The fourth-order valence-corrected chi connectivity index (χ4v) is 4.70. The summed E-state index contributed by atoms with van der Waals surface area (Å²) in [5.74, 6) is 0.217. The van der Waals surface area contributed by atoms with Crippen LogP contribution in [0.3, 0.4) is 0 Å². The maximum Gasteiger partial charge on any atom is 0.266 e. The maximum absolute atomic E-state index is 12.3. The van der Waals surface area contributed by atoms with Crippen molar-refractivity contribution in [3.8, 4) is 16.9 Å². The Kier molecular flexibility index (Phi) is 5.79. The molecule has 0 spiro atoms. The molecule has 4 rings (SSSR count). The lowest BCUT2D eigenvalue weighted by Crippen LogP contribution is -2.18. The molecule has 0 aliphatic heterocycles. The average Bonchev–Trinajstić information content (AvgIpc) is 3.14. The van der Waals surface area contributed by atoms with Crippen molar-refractivity contribution < 1.29 is 5.11 Å². The number of nitrogens with zero attached hydrogens (tertiary/aromatic N) is 1. The third-order valence-corrected chi connectivity index (χ3v) is 6.08. The first kappa shape index (κ1) is 20.4. The number of aromatic hydroxyl groups is 1. The smallest absolute Gasteiger partial charge is 0.266 e. The third kappa shape index (κ3) is 3.30. The van der Waals surface area contributed by atoms with Gasteiger partial charge >= 0.3 is 0 Å². The summed E-state index contributed by atoms with van der Waals surface area (Å²) in [4.78, 5) is 17.5. The summed E-state index contributed by atoms with van der Waals surface area (Å²) < 4.78 is 0.685. The van der Waals surface area contributed by atoms with E-state index in [0.717, 1.165) is 33.8 Å². The minimum atomic E-state index is -0.0868. The second-order valence-corrected chi connectivity index (χ2v) is 7.93. The number of aromatic nitrogens is 1. The summed E-state index contributed by atoms with van der Waals surface area (Å²) in [5, 5.41) is 14.3. The van der Waals surface area contributed by atoms with E-state index in [1.165, 1.54) is 16.9 Å². The van der Waals surface area contributed by atoms with Crippen LogP contribution < -0.4 is 5.56 Å². The number of H-pyrrole nitrogens is 1. The quantitative estimate of drug-likeness (QED) is 0.460. The number of halogens is 1. The summed E-state index contributed by atoms with van der Waals surface area (Å²) in [6.45, 7) is 2.18. The molecule has 0 saturated carbocycles. The highest BCUT2D eigenvalue weighted by atomic mass is 35.5. The van der Waals surface area contributed by atoms with Crippen molar-refractivity contribution in [2.75, 3.05) is 14.1 Å². The molecule has 2 N–H and O–H groups in total. The van der Waals surface area contributed by atoms with Gasteiger partial charge < -0.3 is 15.0 Å². The van der Waals surface area contributed by atoms with E-state index in [2.05, 4.69) is 55.2 Å². The molecule has 2 aromatic carbocycles. The highest BCUT2D eigenvalue weighted by molar-refractivity contribution is 7.17. The number of fused-ring (bicyclic) bond motifs is 3. The molecule has 28 heavy (non-hydrogen) atoms. The zero-order valence-corrected chi connectivity index (χ0v) is 17.7. The Morgan fingerprint density at radius 2 is 1.82 bits per heavy atom. The van der Waals surface area contributed by atoms with Crippen LogP contribution in [0.25, 0.3) is 32.1 Å².